The Morgan fingerprint density at radius 1 is 0.711 bits per heavy atom. The molecular weight excluding hydrogens is 545 g/mol. The molecule has 0 aliphatic carbocycles. The van der Waals surface area contributed by atoms with Gasteiger partial charge >= 0.3 is 12.4 Å². The first-order valence-corrected chi connectivity index (χ1v) is 12.1. The number of rotatable bonds is 15. The van der Waals surface area contributed by atoms with Crippen molar-refractivity contribution in [3.05, 3.63) is 47.0 Å². The lowest BCUT2D eigenvalue weighted by molar-refractivity contribution is -0.143. The first-order chi connectivity index (χ1) is 17.9. The molecule has 0 aliphatic heterocycles. The van der Waals surface area contributed by atoms with Crippen molar-refractivity contribution < 1.29 is 59.6 Å². The van der Waals surface area contributed by atoms with Gasteiger partial charge in [-0.2, -0.15) is 26.3 Å². The summed E-state index contributed by atoms with van der Waals surface area (Å²) in [5, 5.41) is -0.0357. The van der Waals surface area contributed by atoms with E-state index < -0.39 is 43.1 Å². The molecule has 14 heteroatoms. The minimum Gasteiger partial charge on any atom is -0.491 e. The van der Waals surface area contributed by atoms with Crippen LogP contribution >= 0.6 is 8.58 Å². The van der Waals surface area contributed by atoms with Gasteiger partial charge in [-0.3, -0.25) is 4.79 Å². The van der Waals surface area contributed by atoms with Crippen molar-refractivity contribution in [2.24, 2.45) is 0 Å². The molecule has 0 radical (unpaired) electrons. The van der Waals surface area contributed by atoms with E-state index in [4.69, 9.17) is 28.4 Å². The lowest BCUT2D eigenvalue weighted by atomic mass is 10.0. The monoisotopic (exact) mass is 572 g/mol. The molecule has 0 spiro atoms. The summed E-state index contributed by atoms with van der Waals surface area (Å²) in [6.45, 7) is 0.513. The molecule has 0 saturated carbocycles. The summed E-state index contributed by atoms with van der Waals surface area (Å²) >= 11 is 0. The van der Waals surface area contributed by atoms with Crippen LogP contribution < -0.4 is 19.5 Å². The minimum atomic E-state index is -5.20. The second-order valence-corrected chi connectivity index (χ2v) is 8.70. The number of hydrogen-bond donors (Lipinski definition) is 0. The Labute approximate surface area is 217 Å². The number of methoxy groups -OCH3 is 3. The van der Waals surface area contributed by atoms with Gasteiger partial charge in [0, 0.05) is 39.0 Å². The smallest absolute Gasteiger partial charge is 0.417 e. The number of alkyl halides is 6. The Hall–Kier alpha value is -2.60. The summed E-state index contributed by atoms with van der Waals surface area (Å²) in [6.07, 6.45) is -10.4. The van der Waals surface area contributed by atoms with Gasteiger partial charge in [-0.05, 0) is 20.7 Å². The molecule has 0 aliphatic rings. The lowest BCUT2D eigenvalue weighted by Gasteiger charge is -2.20. The molecule has 0 aromatic heterocycles. The second kappa shape index (κ2) is 14.5. The quantitative estimate of drug-likeness (QED) is 0.170. The standard InChI is InChI=1S/C24H27F6O7P/c1-32-7-10-35-15-13-18(36-11-8-33-2)21(19(14-15)37-12-9-34-3)38-22(31)20-16(23(25,26)27)5-4-6-17(20)24(28,29)30/h4-6,13-14,38H,7-12H2,1-3H3. The van der Waals surface area contributed by atoms with Gasteiger partial charge in [-0.1, -0.05) is 6.07 Å². The van der Waals surface area contributed by atoms with Gasteiger partial charge in [0.1, 0.15) is 37.1 Å². The van der Waals surface area contributed by atoms with Gasteiger partial charge in [0.05, 0.1) is 36.3 Å². The molecule has 7 nitrogen and oxygen atoms in total. The SMILES string of the molecule is COCCOc1cc(OCCOC)c(PC(=O)c2c(C(F)(F)F)cccc2C(F)(F)F)c(OCCOC)c1. The summed E-state index contributed by atoms with van der Waals surface area (Å²) in [6, 6.07) is 4.21. The molecule has 1 unspecified atom stereocenters. The van der Waals surface area contributed by atoms with E-state index in [1.165, 1.54) is 33.5 Å². The zero-order valence-electron chi connectivity index (χ0n) is 20.8. The summed E-state index contributed by atoms with van der Waals surface area (Å²) in [7, 11) is 3.06. The van der Waals surface area contributed by atoms with Crippen LogP contribution in [0.2, 0.25) is 0 Å². The maximum Gasteiger partial charge on any atom is 0.417 e. The van der Waals surface area contributed by atoms with Crippen LogP contribution in [0.15, 0.2) is 30.3 Å². The van der Waals surface area contributed by atoms with Crippen LogP contribution in [0, 0.1) is 0 Å². The molecule has 38 heavy (non-hydrogen) atoms. The third-order valence-electron chi connectivity index (χ3n) is 4.83. The van der Waals surface area contributed by atoms with E-state index in [1.54, 1.807) is 0 Å². The summed E-state index contributed by atoms with van der Waals surface area (Å²) < 4.78 is 114. The van der Waals surface area contributed by atoms with E-state index in [0.29, 0.717) is 18.2 Å². The van der Waals surface area contributed by atoms with Crippen LogP contribution in [-0.4, -0.2) is 66.5 Å². The summed E-state index contributed by atoms with van der Waals surface area (Å²) in [5.41, 5.74) is -6.25. The Morgan fingerprint density at radius 3 is 1.53 bits per heavy atom. The first kappa shape index (κ1) is 31.6. The highest BCUT2D eigenvalue weighted by Gasteiger charge is 2.43. The number of carbonyl (C=O) groups excluding carboxylic acids is 1. The van der Waals surface area contributed by atoms with E-state index in [9.17, 15) is 31.1 Å². The van der Waals surface area contributed by atoms with Crippen LogP contribution in [0.5, 0.6) is 17.2 Å². The van der Waals surface area contributed by atoms with Crippen LogP contribution in [0.1, 0.15) is 21.5 Å². The maximum atomic E-state index is 13.7. The van der Waals surface area contributed by atoms with Crippen LogP contribution in [0.4, 0.5) is 26.3 Å². The molecule has 212 valence electrons. The van der Waals surface area contributed by atoms with Gasteiger partial charge in [-0.25, -0.2) is 0 Å². The molecule has 2 aromatic carbocycles. The number of halogens is 6. The highest BCUT2D eigenvalue weighted by atomic mass is 31.1. The molecule has 0 amide bonds. The summed E-state index contributed by atoms with van der Waals surface area (Å²) in [5.74, 6) is 0.179. The fourth-order valence-electron chi connectivity index (χ4n) is 3.16. The zero-order valence-corrected chi connectivity index (χ0v) is 21.8. The predicted molar refractivity (Wildman–Crippen MR) is 127 cm³/mol. The van der Waals surface area contributed by atoms with E-state index in [0.717, 1.165) is 0 Å². The molecule has 2 aromatic rings. The highest BCUT2D eigenvalue weighted by molar-refractivity contribution is 7.66. The van der Waals surface area contributed by atoms with Crippen molar-refractivity contribution >= 4 is 19.4 Å². The third kappa shape index (κ3) is 9.00. The van der Waals surface area contributed by atoms with Gasteiger partial charge in [0.15, 0.2) is 5.52 Å². The molecule has 2 rings (SSSR count). The number of carbonyl (C=O) groups is 1. The Balaban J connectivity index is 2.63. The van der Waals surface area contributed by atoms with Crippen LogP contribution in [0.3, 0.4) is 0 Å². The number of hydrogen-bond acceptors (Lipinski definition) is 7. The molecule has 0 N–H and O–H groups in total. The maximum absolute atomic E-state index is 13.7. The first-order valence-electron chi connectivity index (χ1n) is 11.1. The third-order valence-corrected chi connectivity index (χ3v) is 6.05. The molecular formula is C24H27F6O7P. The van der Waals surface area contributed by atoms with Crippen molar-refractivity contribution in [3.63, 3.8) is 0 Å². The Bertz CT molecular complexity index is 996. The fourth-order valence-corrected chi connectivity index (χ4v) is 4.31. The average molecular weight is 572 g/mol. The highest BCUT2D eigenvalue weighted by Crippen LogP contribution is 2.43. The Morgan fingerprint density at radius 2 is 1.13 bits per heavy atom. The summed E-state index contributed by atoms with van der Waals surface area (Å²) in [4.78, 5) is 13.2. The van der Waals surface area contributed by atoms with Crippen LogP contribution in [-0.2, 0) is 26.6 Å². The molecule has 0 saturated heterocycles. The molecule has 0 heterocycles. The normalized spacial score (nSPS) is 12.2. The van der Waals surface area contributed by atoms with Gasteiger partial charge in [0.2, 0.25) is 0 Å². The Kier molecular flexibility index (Phi) is 12.1. The molecule has 0 bridgehead atoms. The predicted octanol–water partition coefficient (Wildman–Crippen LogP) is 4.94. The zero-order chi connectivity index (χ0) is 28.3. The molecule has 1 atom stereocenters. The van der Waals surface area contributed by atoms with Crippen molar-refractivity contribution in [1.29, 1.82) is 0 Å². The van der Waals surface area contributed by atoms with E-state index >= 15 is 0 Å². The van der Waals surface area contributed by atoms with E-state index in [-0.39, 0.29) is 62.2 Å². The van der Waals surface area contributed by atoms with Gasteiger partial charge in [0.25, 0.3) is 0 Å². The average Bonchev–Trinajstić information content (AvgIpc) is 2.84. The lowest BCUT2D eigenvalue weighted by Crippen LogP contribution is -2.21. The van der Waals surface area contributed by atoms with Crippen molar-refractivity contribution in [3.8, 4) is 17.2 Å². The van der Waals surface area contributed by atoms with Crippen molar-refractivity contribution in [1.82, 2.24) is 0 Å². The van der Waals surface area contributed by atoms with Crippen molar-refractivity contribution in [2.75, 3.05) is 61.0 Å². The minimum absolute atomic E-state index is 0.0193. The van der Waals surface area contributed by atoms with Gasteiger partial charge < -0.3 is 28.4 Å². The topological polar surface area (TPSA) is 72.5 Å². The molecule has 0 fully saturated rings. The second-order valence-electron chi connectivity index (χ2n) is 7.50. The largest absolute Gasteiger partial charge is 0.491 e. The van der Waals surface area contributed by atoms with Crippen molar-refractivity contribution in [2.45, 2.75) is 12.4 Å². The number of benzene rings is 2. The number of ether oxygens (including phenoxy) is 6. The van der Waals surface area contributed by atoms with E-state index in [2.05, 4.69) is 0 Å². The van der Waals surface area contributed by atoms with Crippen LogP contribution in [0.25, 0.3) is 0 Å². The van der Waals surface area contributed by atoms with E-state index in [1.807, 2.05) is 0 Å². The fraction of sp³-hybridized carbons (Fsp3) is 0.458. The van der Waals surface area contributed by atoms with Gasteiger partial charge in [-0.15, -0.1) is 0 Å².